The molecule has 1 aromatic carbocycles. The standard InChI is InChI=1S/C16H22O2.3C9H15N3O.C8H15N3.C7H13N3O/c1-12(2)9-16(18)11-15(10-13(3)17)14-7-5-4-6-8-14;1-6(2)10-5-8-11-12-9(13-8)7-3-4-7;2*1-6(2)10-5-8-11-9(12-13-8)7-3-4-7;1-6(2)9-5-8-10-4-7(3)11-8;1-5(2)8-4-7-9-6(3)10-11-7/h4-8,12,15H,9-11H2,1-3H3;3*6-7,10H,3-5H2,1-2H3;6,9H,4-5H2,1-3H3;5,8H,4H2,1-3H3. The van der Waals surface area contributed by atoms with E-state index in [1.54, 1.807) is 6.92 Å². The van der Waals surface area contributed by atoms with Crippen LogP contribution in [0.2, 0.25) is 0 Å². The second kappa shape index (κ2) is 35.1. The van der Waals surface area contributed by atoms with Crippen LogP contribution in [0.4, 0.5) is 0 Å². The van der Waals surface area contributed by atoms with Crippen LogP contribution >= 0.6 is 0 Å². The van der Waals surface area contributed by atoms with Crippen molar-refractivity contribution in [1.82, 2.24) is 67.2 Å². The quantitative estimate of drug-likeness (QED) is 0.0363. The molecule has 1 unspecified atom stereocenters. The number of nitrogens with zero attached hydrogens (tertiary/aromatic N) is 10. The van der Waals surface area contributed by atoms with Crippen molar-refractivity contribution in [2.45, 2.75) is 242 Å². The largest absolute Gasteiger partial charge is 0.424 e. The molecule has 5 N–H and O–H groups in total. The van der Waals surface area contributed by atoms with E-state index in [0.717, 1.165) is 47.7 Å². The number of aliphatic imine (C=N–C) groups is 2. The Bertz CT molecular complexity index is 2390. The van der Waals surface area contributed by atoms with E-state index in [-0.39, 0.29) is 17.5 Å². The summed E-state index contributed by atoms with van der Waals surface area (Å²) in [6.07, 6.45) is 8.82. The van der Waals surface area contributed by atoms with Crippen molar-refractivity contribution < 1.29 is 27.6 Å². The molecule has 0 amide bonds. The number of amidine groups is 1. The predicted octanol–water partition coefficient (Wildman–Crippen LogP) is 9.82. The highest BCUT2D eigenvalue weighted by molar-refractivity contribution is 6.03. The van der Waals surface area contributed by atoms with Crippen molar-refractivity contribution in [3.05, 3.63) is 82.8 Å². The summed E-state index contributed by atoms with van der Waals surface area (Å²) in [7, 11) is 0. The molecule has 0 bridgehead atoms. The minimum atomic E-state index is 0.0370. The molecule has 0 saturated heterocycles. The number of hydrogen-bond acceptors (Lipinski definition) is 21. The Labute approximate surface area is 469 Å². The fraction of sp³-hybridized carbons (Fsp3) is 0.690. The van der Waals surface area contributed by atoms with Gasteiger partial charge in [-0.15, -0.1) is 10.2 Å². The van der Waals surface area contributed by atoms with Crippen LogP contribution in [0.3, 0.4) is 0 Å². The minimum Gasteiger partial charge on any atom is -0.424 e. The predicted molar refractivity (Wildman–Crippen MR) is 308 cm³/mol. The lowest BCUT2D eigenvalue weighted by Crippen LogP contribution is -2.27. The molecule has 4 aromatic heterocycles. The first-order valence-corrected chi connectivity index (χ1v) is 28.7. The molecule has 21 heteroatoms. The smallest absolute Gasteiger partial charge is 0.240 e. The molecule has 3 aliphatic carbocycles. The molecule has 0 radical (unpaired) electrons. The lowest BCUT2D eigenvalue weighted by Gasteiger charge is -2.16. The summed E-state index contributed by atoms with van der Waals surface area (Å²) >= 11 is 0. The highest BCUT2D eigenvalue weighted by atomic mass is 16.5. The van der Waals surface area contributed by atoms with Gasteiger partial charge in [0.1, 0.15) is 17.4 Å². The lowest BCUT2D eigenvalue weighted by atomic mass is 9.87. The third-order valence-corrected chi connectivity index (χ3v) is 11.9. The van der Waals surface area contributed by atoms with E-state index in [2.05, 4.69) is 146 Å². The van der Waals surface area contributed by atoms with Gasteiger partial charge < -0.3 is 49.4 Å². The van der Waals surface area contributed by atoms with Gasteiger partial charge in [-0.25, -0.2) is 4.99 Å². The summed E-state index contributed by atoms with van der Waals surface area (Å²) in [6.45, 7) is 34.7. The summed E-state index contributed by atoms with van der Waals surface area (Å²) in [5.41, 5.74) is 2.20. The highest BCUT2D eigenvalue weighted by Crippen LogP contribution is 2.39. The van der Waals surface area contributed by atoms with Crippen molar-refractivity contribution >= 4 is 23.1 Å². The number of rotatable bonds is 25. The average Bonchev–Trinajstić information content (AvgIpc) is 4.38. The molecule has 4 aliphatic rings. The van der Waals surface area contributed by atoms with Crippen LogP contribution in [0.1, 0.15) is 231 Å². The van der Waals surface area contributed by atoms with Crippen LogP contribution in [0.15, 0.2) is 58.3 Å². The Hall–Kier alpha value is -5.74. The second-order valence-corrected chi connectivity index (χ2v) is 22.8. The van der Waals surface area contributed by atoms with Gasteiger partial charge in [0.25, 0.3) is 0 Å². The van der Waals surface area contributed by atoms with E-state index >= 15 is 0 Å². The molecule has 5 aromatic rings. The number of hydrogen-bond donors (Lipinski definition) is 5. The third-order valence-electron chi connectivity index (χ3n) is 11.9. The molecule has 5 heterocycles. The second-order valence-electron chi connectivity index (χ2n) is 22.8. The number of Topliss-reactive ketones (excluding diaryl/α,β-unsaturated/α-hetero) is 2. The number of aromatic nitrogens is 8. The molecule has 1 aliphatic heterocycles. The van der Waals surface area contributed by atoms with Crippen LogP contribution < -0.4 is 26.6 Å². The van der Waals surface area contributed by atoms with Gasteiger partial charge in [0.2, 0.25) is 29.5 Å². The molecule has 9 rings (SSSR count). The molecular formula is C58H95N15O6. The van der Waals surface area contributed by atoms with Gasteiger partial charge in [-0.3, -0.25) is 9.79 Å². The van der Waals surface area contributed by atoms with Gasteiger partial charge in [-0.2, -0.15) is 15.0 Å². The molecule has 1 atom stereocenters. The zero-order valence-electron chi connectivity index (χ0n) is 50.2. The molecule has 0 spiro atoms. The normalized spacial score (nSPS) is 15.1. The van der Waals surface area contributed by atoms with Gasteiger partial charge >= 0.3 is 0 Å². The van der Waals surface area contributed by atoms with Crippen LogP contribution in [0.5, 0.6) is 0 Å². The minimum absolute atomic E-state index is 0.0370. The summed E-state index contributed by atoms with van der Waals surface area (Å²) in [4.78, 5) is 44.4. The lowest BCUT2D eigenvalue weighted by molar-refractivity contribution is -0.120. The van der Waals surface area contributed by atoms with Gasteiger partial charge in [0, 0.05) is 72.9 Å². The summed E-state index contributed by atoms with van der Waals surface area (Å²) in [5.74, 6) is 9.51. The molecule has 3 fully saturated rings. The van der Waals surface area contributed by atoms with E-state index < -0.39 is 0 Å². The Morgan fingerprint density at radius 2 is 1.00 bits per heavy atom. The molecule has 79 heavy (non-hydrogen) atoms. The Kier molecular flexibility index (Phi) is 29.2. The first-order chi connectivity index (χ1) is 37.6. The maximum absolute atomic E-state index is 11.9. The third kappa shape index (κ3) is 29.9. The summed E-state index contributed by atoms with van der Waals surface area (Å²) < 4.78 is 20.5. The Morgan fingerprint density at radius 3 is 1.41 bits per heavy atom. The number of aryl methyl sites for hydroxylation is 1. The number of carbonyl (C=O) groups is 2. The van der Waals surface area contributed by atoms with E-state index in [1.165, 1.54) is 38.5 Å². The van der Waals surface area contributed by atoms with Crippen molar-refractivity contribution in [2.75, 3.05) is 13.1 Å². The molecular weight excluding hydrogens is 1000 g/mol. The van der Waals surface area contributed by atoms with E-state index in [0.29, 0.717) is 129 Å². The molecule has 3 saturated carbocycles. The Balaban J connectivity index is 0.000000206. The maximum Gasteiger partial charge on any atom is 0.240 e. The number of ketones is 2. The zero-order chi connectivity index (χ0) is 57.9. The van der Waals surface area contributed by atoms with E-state index in [9.17, 15) is 9.59 Å². The molecule has 438 valence electrons. The number of nitrogens with one attached hydrogen (secondary N) is 5. The maximum atomic E-state index is 11.9. The van der Waals surface area contributed by atoms with Gasteiger partial charge in [-0.05, 0) is 76.7 Å². The monoisotopic (exact) mass is 1100 g/mol. The SMILES string of the molecule is CC(=O)CC(CC(=O)CC(C)C)c1ccccc1.CC(C)NCc1nc(C2CC2)no1.CC(C)NCc1nc(C2CC2)no1.CC(C)NCc1nnc(C2CC2)o1.CC1=NC(CNC(C)C)=NC1.Cc1noc(CNC(C)C)n1. The van der Waals surface area contributed by atoms with Crippen molar-refractivity contribution in [1.29, 1.82) is 0 Å². The zero-order valence-corrected chi connectivity index (χ0v) is 50.2. The van der Waals surface area contributed by atoms with Crippen LogP contribution in [-0.4, -0.2) is 107 Å². The van der Waals surface area contributed by atoms with Crippen LogP contribution in [0.25, 0.3) is 0 Å². The number of benzene rings is 1. The fourth-order valence-electron chi connectivity index (χ4n) is 7.19. The summed E-state index contributed by atoms with van der Waals surface area (Å²) in [5, 5.41) is 35.7. The van der Waals surface area contributed by atoms with Gasteiger partial charge in [-0.1, -0.05) is 129 Å². The first-order valence-electron chi connectivity index (χ1n) is 28.7. The first kappa shape index (κ1) is 65.8. The topological polar surface area (TPSA) is 275 Å². The van der Waals surface area contributed by atoms with Gasteiger partial charge in [0.05, 0.1) is 39.3 Å². The summed E-state index contributed by atoms with van der Waals surface area (Å²) in [6, 6.07) is 12.2. The highest BCUT2D eigenvalue weighted by Gasteiger charge is 2.30. The average molecular weight is 1100 g/mol. The van der Waals surface area contributed by atoms with Crippen LogP contribution in [-0.2, 0) is 35.8 Å². The van der Waals surface area contributed by atoms with Crippen molar-refractivity contribution in [3.8, 4) is 0 Å². The fourth-order valence-corrected chi connectivity index (χ4v) is 7.19. The number of carbonyl (C=O) groups excluding carboxylic acids is 2. The van der Waals surface area contributed by atoms with Crippen molar-refractivity contribution in [2.24, 2.45) is 15.9 Å². The van der Waals surface area contributed by atoms with Crippen molar-refractivity contribution in [3.63, 3.8) is 0 Å². The van der Waals surface area contributed by atoms with E-state index in [1.807, 2.05) is 58.0 Å². The Morgan fingerprint density at radius 1 is 0.544 bits per heavy atom. The van der Waals surface area contributed by atoms with E-state index in [4.69, 9.17) is 18.0 Å². The molecule has 21 nitrogen and oxygen atoms in total. The van der Waals surface area contributed by atoms with Crippen LogP contribution in [0, 0.1) is 12.8 Å². The van der Waals surface area contributed by atoms with Gasteiger partial charge in [0.15, 0.2) is 17.5 Å².